The Balaban J connectivity index is 2.84. The van der Waals surface area contributed by atoms with E-state index in [2.05, 4.69) is 0 Å². The molecule has 4 nitrogen and oxygen atoms in total. The number of aryl methyl sites for hydroxylation is 1. The van der Waals surface area contributed by atoms with Gasteiger partial charge < -0.3 is 5.11 Å². The van der Waals surface area contributed by atoms with Crippen molar-refractivity contribution in [3.05, 3.63) is 29.8 Å². The van der Waals surface area contributed by atoms with Crippen molar-refractivity contribution in [3.8, 4) is 0 Å². The van der Waals surface area contributed by atoms with Crippen LogP contribution in [0.4, 0.5) is 5.69 Å². The summed E-state index contributed by atoms with van der Waals surface area (Å²) in [7, 11) is -1.79. The largest absolute Gasteiger partial charge is 0.396 e. The van der Waals surface area contributed by atoms with Crippen LogP contribution < -0.4 is 4.31 Å². The van der Waals surface area contributed by atoms with E-state index in [9.17, 15) is 8.42 Å². The van der Waals surface area contributed by atoms with Gasteiger partial charge in [0, 0.05) is 13.7 Å². The molecule has 0 aliphatic rings. The monoisotopic (exact) mass is 243 g/mol. The lowest BCUT2D eigenvalue weighted by molar-refractivity contribution is 0.295. The van der Waals surface area contributed by atoms with Crippen molar-refractivity contribution in [2.24, 2.45) is 0 Å². The molecule has 16 heavy (non-hydrogen) atoms. The van der Waals surface area contributed by atoms with E-state index in [1.807, 2.05) is 19.1 Å². The maximum absolute atomic E-state index is 11.8. The Hall–Kier alpha value is -1.07. The van der Waals surface area contributed by atoms with E-state index in [0.717, 1.165) is 5.56 Å². The summed E-state index contributed by atoms with van der Waals surface area (Å²) in [5, 5.41) is 8.64. The van der Waals surface area contributed by atoms with E-state index >= 15 is 0 Å². The van der Waals surface area contributed by atoms with E-state index in [0.29, 0.717) is 5.69 Å². The van der Waals surface area contributed by atoms with E-state index in [1.54, 1.807) is 12.1 Å². The van der Waals surface area contributed by atoms with E-state index in [-0.39, 0.29) is 18.8 Å². The fraction of sp³-hybridized carbons (Fsp3) is 0.455. The van der Waals surface area contributed by atoms with Crippen LogP contribution in [0.1, 0.15) is 12.0 Å². The van der Waals surface area contributed by atoms with Gasteiger partial charge in [0.05, 0.1) is 11.4 Å². The molecule has 0 aliphatic heterocycles. The summed E-state index contributed by atoms with van der Waals surface area (Å²) in [6.45, 7) is 1.84. The predicted octanol–water partition coefficient (Wildman–Crippen LogP) is 1.14. The third-order valence-corrected chi connectivity index (χ3v) is 4.23. The zero-order valence-corrected chi connectivity index (χ0v) is 10.4. The molecule has 0 saturated carbocycles. The summed E-state index contributed by atoms with van der Waals surface area (Å²) < 4.78 is 24.8. The van der Waals surface area contributed by atoms with E-state index in [1.165, 1.54) is 11.4 Å². The number of anilines is 1. The van der Waals surface area contributed by atoms with Crippen molar-refractivity contribution in [2.45, 2.75) is 13.3 Å². The second-order valence-electron chi connectivity index (χ2n) is 3.70. The van der Waals surface area contributed by atoms with Crippen molar-refractivity contribution < 1.29 is 13.5 Å². The van der Waals surface area contributed by atoms with Crippen LogP contribution >= 0.6 is 0 Å². The Morgan fingerprint density at radius 3 is 2.31 bits per heavy atom. The molecule has 0 unspecified atom stereocenters. The van der Waals surface area contributed by atoms with Crippen molar-refractivity contribution >= 4 is 15.7 Å². The Kier molecular flexibility index (Phi) is 4.32. The lowest BCUT2D eigenvalue weighted by atomic mass is 10.2. The molecule has 0 aliphatic carbocycles. The van der Waals surface area contributed by atoms with Crippen LogP contribution in [-0.2, 0) is 10.0 Å². The van der Waals surface area contributed by atoms with Gasteiger partial charge in [-0.25, -0.2) is 8.42 Å². The Morgan fingerprint density at radius 2 is 1.81 bits per heavy atom. The van der Waals surface area contributed by atoms with Crippen LogP contribution in [0, 0.1) is 6.92 Å². The number of aliphatic hydroxyl groups is 1. The van der Waals surface area contributed by atoms with E-state index in [4.69, 9.17) is 5.11 Å². The molecule has 0 amide bonds. The minimum atomic E-state index is -3.32. The summed E-state index contributed by atoms with van der Waals surface area (Å²) in [5.41, 5.74) is 1.73. The highest BCUT2D eigenvalue weighted by atomic mass is 32.2. The first kappa shape index (κ1) is 13.0. The standard InChI is InChI=1S/C11H17NO3S/c1-10-4-6-11(7-5-10)12(2)16(14,15)9-3-8-13/h4-7,13H,3,8-9H2,1-2H3. The zero-order chi connectivity index (χ0) is 12.2. The van der Waals surface area contributed by atoms with E-state index < -0.39 is 10.0 Å². The minimum absolute atomic E-state index is 0.0339. The molecular weight excluding hydrogens is 226 g/mol. The van der Waals surface area contributed by atoms with Crippen LogP contribution in [0.5, 0.6) is 0 Å². The number of aliphatic hydroxyl groups excluding tert-OH is 1. The van der Waals surface area contributed by atoms with Crippen molar-refractivity contribution in [1.29, 1.82) is 0 Å². The highest BCUT2D eigenvalue weighted by molar-refractivity contribution is 7.92. The van der Waals surface area contributed by atoms with Crippen LogP contribution in [0.3, 0.4) is 0 Å². The van der Waals surface area contributed by atoms with Crippen molar-refractivity contribution in [1.82, 2.24) is 0 Å². The molecule has 0 atom stereocenters. The van der Waals surface area contributed by atoms with Gasteiger partial charge in [-0.05, 0) is 25.5 Å². The van der Waals surface area contributed by atoms with Gasteiger partial charge >= 0.3 is 0 Å². The van der Waals surface area contributed by atoms with Crippen LogP contribution in [0.2, 0.25) is 0 Å². The summed E-state index contributed by atoms with van der Waals surface area (Å²) in [6, 6.07) is 7.28. The lowest BCUT2D eigenvalue weighted by Crippen LogP contribution is -2.29. The lowest BCUT2D eigenvalue weighted by Gasteiger charge is -2.19. The first-order valence-electron chi connectivity index (χ1n) is 5.11. The molecule has 0 saturated heterocycles. The summed E-state index contributed by atoms with van der Waals surface area (Å²) >= 11 is 0. The number of benzene rings is 1. The van der Waals surface area contributed by atoms with Gasteiger partial charge in [-0.15, -0.1) is 0 Å². The quantitative estimate of drug-likeness (QED) is 0.843. The smallest absolute Gasteiger partial charge is 0.234 e. The number of hydrogen-bond acceptors (Lipinski definition) is 3. The SMILES string of the molecule is Cc1ccc(N(C)S(=O)(=O)CCCO)cc1. The summed E-state index contributed by atoms with van der Waals surface area (Å²) in [5.74, 6) is -0.0339. The molecule has 0 spiro atoms. The van der Waals surface area contributed by atoms with Crippen LogP contribution in [-0.4, -0.2) is 32.9 Å². The summed E-state index contributed by atoms with van der Waals surface area (Å²) in [4.78, 5) is 0. The molecule has 0 bridgehead atoms. The molecule has 5 heteroatoms. The summed E-state index contributed by atoms with van der Waals surface area (Å²) in [6.07, 6.45) is 0.262. The topological polar surface area (TPSA) is 57.6 Å². The van der Waals surface area contributed by atoms with Crippen molar-refractivity contribution in [2.75, 3.05) is 23.7 Å². The van der Waals surface area contributed by atoms with Gasteiger partial charge in [-0.1, -0.05) is 17.7 Å². The molecular formula is C11H17NO3S. The maximum atomic E-state index is 11.8. The molecule has 1 aromatic carbocycles. The minimum Gasteiger partial charge on any atom is -0.396 e. The normalized spacial score (nSPS) is 11.4. The highest BCUT2D eigenvalue weighted by Crippen LogP contribution is 2.17. The number of hydrogen-bond donors (Lipinski definition) is 1. The Labute approximate surface area is 96.6 Å². The molecule has 0 fully saturated rings. The van der Waals surface area contributed by atoms with Gasteiger partial charge in [-0.3, -0.25) is 4.31 Å². The number of rotatable bonds is 5. The number of sulfonamides is 1. The Morgan fingerprint density at radius 1 is 1.25 bits per heavy atom. The molecule has 90 valence electrons. The predicted molar refractivity (Wildman–Crippen MR) is 65.1 cm³/mol. The van der Waals surface area contributed by atoms with Gasteiger partial charge in [0.25, 0.3) is 0 Å². The Bertz CT molecular complexity index is 425. The fourth-order valence-electron chi connectivity index (χ4n) is 1.30. The average Bonchev–Trinajstić information content (AvgIpc) is 2.26. The first-order valence-corrected chi connectivity index (χ1v) is 6.72. The molecule has 0 radical (unpaired) electrons. The molecule has 1 N–H and O–H groups in total. The molecule has 1 aromatic rings. The number of nitrogens with zero attached hydrogens (tertiary/aromatic N) is 1. The van der Waals surface area contributed by atoms with Crippen molar-refractivity contribution in [3.63, 3.8) is 0 Å². The molecule has 1 rings (SSSR count). The zero-order valence-electron chi connectivity index (χ0n) is 9.55. The van der Waals surface area contributed by atoms with Crippen LogP contribution in [0.15, 0.2) is 24.3 Å². The third kappa shape index (κ3) is 3.21. The molecule has 0 heterocycles. The van der Waals surface area contributed by atoms with Gasteiger partial charge in [0.15, 0.2) is 0 Å². The second-order valence-corrected chi connectivity index (χ2v) is 5.82. The maximum Gasteiger partial charge on any atom is 0.234 e. The highest BCUT2D eigenvalue weighted by Gasteiger charge is 2.17. The third-order valence-electron chi connectivity index (χ3n) is 2.38. The van der Waals surface area contributed by atoms with Gasteiger partial charge in [-0.2, -0.15) is 0 Å². The molecule has 0 aromatic heterocycles. The average molecular weight is 243 g/mol. The van der Waals surface area contributed by atoms with Gasteiger partial charge in [0.2, 0.25) is 10.0 Å². The fourth-order valence-corrected chi connectivity index (χ4v) is 2.51. The van der Waals surface area contributed by atoms with Crippen LogP contribution in [0.25, 0.3) is 0 Å². The van der Waals surface area contributed by atoms with Gasteiger partial charge in [0.1, 0.15) is 0 Å². The first-order chi connectivity index (χ1) is 7.47. The second kappa shape index (κ2) is 5.32.